The van der Waals surface area contributed by atoms with Crippen molar-refractivity contribution in [3.8, 4) is 0 Å². The molecule has 19 heavy (non-hydrogen) atoms. The number of carboxylic acids is 1. The van der Waals surface area contributed by atoms with Gasteiger partial charge in [-0.05, 0) is 19.4 Å². The van der Waals surface area contributed by atoms with E-state index in [1.165, 1.54) is 4.90 Å². The number of carboxylic acid groups (broad SMARTS) is 1. The molecule has 1 atom stereocenters. The van der Waals surface area contributed by atoms with Crippen LogP contribution in [0.3, 0.4) is 0 Å². The number of rotatable bonds is 6. The third kappa shape index (κ3) is 4.62. The molecule has 0 saturated heterocycles. The van der Waals surface area contributed by atoms with Crippen molar-refractivity contribution in [1.82, 2.24) is 4.90 Å². The summed E-state index contributed by atoms with van der Waals surface area (Å²) >= 11 is 0. The second-order valence-corrected chi connectivity index (χ2v) is 4.07. The lowest BCUT2D eigenvalue weighted by Crippen LogP contribution is -2.37. The molecule has 1 aromatic carbocycles. The molecule has 1 rings (SSSR count). The Balaban J connectivity index is 2.69. The number of hydrogen-bond donors (Lipinski definition) is 1. The van der Waals surface area contributed by atoms with Crippen molar-refractivity contribution in [2.45, 2.75) is 26.4 Å². The van der Waals surface area contributed by atoms with E-state index >= 15 is 0 Å². The van der Waals surface area contributed by atoms with Crippen molar-refractivity contribution in [2.24, 2.45) is 0 Å². The average molecular weight is 265 g/mol. The van der Waals surface area contributed by atoms with Crippen molar-refractivity contribution in [3.05, 3.63) is 35.9 Å². The summed E-state index contributed by atoms with van der Waals surface area (Å²) in [4.78, 5) is 24.3. The van der Waals surface area contributed by atoms with Crippen LogP contribution in [0.15, 0.2) is 30.3 Å². The second kappa shape index (κ2) is 7.41. The lowest BCUT2D eigenvalue weighted by atomic mass is 10.1. The Morgan fingerprint density at radius 2 is 1.79 bits per heavy atom. The van der Waals surface area contributed by atoms with Gasteiger partial charge in [-0.3, -0.25) is 0 Å². The quantitative estimate of drug-likeness (QED) is 0.856. The largest absolute Gasteiger partial charge is 0.478 e. The molecule has 0 aliphatic carbocycles. The molecular formula is C14H19NO4. The maximum absolute atomic E-state index is 11.8. The van der Waals surface area contributed by atoms with Crippen molar-refractivity contribution < 1.29 is 19.4 Å². The van der Waals surface area contributed by atoms with E-state index in [1.54, 1.807) is 12.1 Å². The highest BCUT2D eigenvalue weighted by atomic mass is 16.6. The minimum absolute atomic E-state index is 0.170. The van der Waals surface area contributed by atoms with E-state index in [0.717, 1.165) is 5.56 Å². The summed E-state index contributed by atoms with van der Waals surface area (Å²) < 4.78 is 5.05. The summed E-state index contributed by atoms with van der Waals surface area (Å²) in [6.45, 7) is 4.62. The maximum Gasteiger partial charge on any atom is 0.410 e. The Labute approximate surface area is 112 Å². The van der Waals surface area contributed by atoms with Crippen LogP contribution >= 0.6 is 0 Å². The van der Waals surface area contributed by atoms with Crippen LogP contribution in [-0.2, 0) is 16.0 Å². The summed E-state index contributed by atoms with van der Waals surface area (Å²) in [5, 5.41) is 9.11. The van der Waals surface area contributed by atoms with Crippen LogP contribution in [0.5, 0.6) is 0 Å². The molecule has 0 heterocycles. The lowest BCUT2D eigenvalue weighted by Gasteiger charge is -2.21. The van der Waals surface area contributed by atoms with Crippen molar-refractivity contribution >= 4 is 12.1 Å². The van der Waals surface area contributed by atoms with E-state index in [1.807, 2.05) is 32.0 Å². The average Bonchev–Trinajstić information content (AvgIpc) is 2.40. The first-order valence-corrected chi connectivity index (χ1v) is 6.30. The van der Waals surface area contributed by atoms with Gasteiger partial charge < -0.3 is 14.7 Å². The molecule has 0 aromatic heterocycles. The van der Waals surface area contributed by atoms with Gasteiger partial charge in [-0.25, -0.2) is 9.59 Å². The molecule has 0 spiro atoms. The van der Waals surface area contributed by atoms with E-state index in [2.05, 4.69) is 0 Å². The van der Waals surface area contributed by atoms with E-state index in [4.69, 9.17) is 9.84 Å². The van der Waals surface area contributed by atoms with Crippen LogP contribution in [0.4, 0.5) is 4.79 Å². The molecule has 0 radical (unpaired) electrons. The van der Waals surface area contributed by atoms with Gasteiger partial charge in [0, 0.05) is 19.5 Å². The van der Waals surface area contributed by atoms with Gasteiger partial charge in [0.1, 0.15) is 0 Å². The molecule has 104 valence electrons. The molecule has 0 unspecified atom stereocenters. The zero-order chi connectivity index (χ0) is 14.3. The third-order valence-electron chi connectivity index (χ3n) is 2.80. The number of benzene rings is 1. The molecule has 1 N–H and O–H groups in total. The second-order valence-electron chi connectivity index (χ2n) is 4.07. The number of aliphatic carboxylic acids is 1. The summed E-state index contributed by atoms with van der Waals surface area (Å²) in [6.07, 6.45) is -1.58. The van der Waals surface area contributed by atoms with Crippen molar-refractivity contribution in [3.63, 3.8) is 0 Å². The molecule has 5 nitrogen and oxygen atoms in total. The van der Waals surface area contributed by atoms with E-state index < -0.39 is 18.2 Å². The minimum atomic E-state index is -1.16. The monoisotopic (exact) mass is 265 g/mol. The fourth-order valence-corrected chi connectivity index (χ4v) is 1.69. The van der Waals surface area contributed by atoms with E-state index in [-0.39, 0.29) is 6.42 Å². The standard InChI is InChI=1S/C14H19NO4/c1-3-15(4-2)14(18)19-12(13(16)17)10-11-8-6-5-7-9-11/h5-9,12H,3-4,10H2,1-2H3,(H,16,17)/t12-/m0/s1. The predicted octanol–water partition coefficient (Wildman–Crippen LogP) is 2.16. The number of nitrogens with zero attached hydrogens (tertiary/aromatic N) is 1. The highest BCUT2D eigenvalue weighted by Gasteiger charge is 2.24. The highest BCUT2D eigenvalue weighted by molar-refractivity contribution is 5.77. The lowest BCUT2D eigenvalue weighted by molar-refractivity contribution is -0.147. The highest BCUT2D eigenvalue weighted by Crippen LogP contribution is 2.08. The molecular weight excluding hydrogens is 246 g/mol. The predicted molar refractivity (Wildman–Crippen MR) is 71.0 cm³/mol. The number of carbonyl (C=O) groups is 2. The summed E-state index contributed by atoms with van der Waals surface area (Å²) in [7, 11) is 0. The van der Waals surface area contributed by atoms with Crippen LogP contribution in [0, 0.1) is 0 Å². The van der Waals surface area contributed by atoms with Crippen LogP contribution in [0.2, 0.25) is 0 Å². The van der Waals surface area contributed by atoms with Gasteiger partial charge in [0.05, 0.1) is 0 Å². The van der Waals surface area contributed by atoms with Gasteiger partial charge in [-0.1, -0.05) is 30.3 Å². The van der Waals surface area contributed by atoms with Gasteiger partial charge >= 0.3 is 12.1 Å². The number of carbonyl (C=O) groups excluding carboxylic acids is 1. The molecule has 5 heteroatoms. The van der Waals surface area contributed by atoms with Crippen molar-refractivity contribution in [2.75, 3.05) is 13.1 Å². The van der Waals surface area contributed by atoms with Crippen LogP contribution < -0.4 is 0 Å². The van der Waals surface area contributed by atoms with Gasteiger partial charge in [0.2, 0.25) is 6.10 Å². The first-order valence-electron chi connectivity index (χ1n) is 6.30. The maximum atomic E-state index is 11.8. The molecule has 0 fully saturated rings. The van der Waals surface area contributed by atoms with Crippen LogP contribution in [-0.4, -0.2) is 41.3 Å². The normalized spacial score (nSPS) is 11.7. The Kier molecular flexibility index (Phi) is 5.85. The molecule has 1 aromatic rings. The number of ether oxygens (including phenoxy) is 1. The summed E-state index contributed by atoms with van der Waals surface area (Å²) in [5.41, 5.74) is 0.822. The number of amides is 1. The van der Waals surface area contributed by atoms with E-state index in [0.29, 0.717) is 13.1 Å². The Morgan fingerprint density at radius 1 is 1.21 bits per heavy atom. The van der Waals surface area contributed by atoms with Gasteiger partial charge in [-0.2, -0.15) is 0 Å². The minimum Gasteiger partial charge on any atom is -0.478 e. The van der Waals surface area contributed by atoms with Crippen molar-refractivity contribution in [1.29, 1.82) is 0 Å². The number of hydrogen-bond acceptors (Lipinski definition) is 3. The Morgan fingerprint density at radius 3 is 2.26 bits per heavy atom. The Hall–Kier alpha value is -2.04. The molecule has 0 aliphatic rings. The van der Waals surface area contributed by atoms with Gasteiger partial charge in [-0.15, -0.1) is 0 Å². The van der Waals surface area contributed by atoms with Gasteiger partial charge in [0.15, 0.2) is 0 Å². The SMILES string of the molecule is CCN(CC)C(=O)O[C@@H](Cc1ccccc1)C(=O)O. The zero-order valence-corrected chi connectivity index (χ0v) is 11.2. The molecule has 0 saturated carbocycles. The zero-order valence-electron chi connectivity index (χ0n) is 11.2. The topological polar surface area (TPSA) is 66.8 Å². The van der Waals surface area contributed by atoms with E-state index in [9.17, 15) is 9.59 Å². The van der Waals surface area contributed by atoms with Crippen LogP contribution in [0.25, 0.3) is 0 Å². The molecule has 0 bridgehead atoms. The molecule has 0 aliphatic heterocycles. The Bertz CT molecular complexity index is 415. The summed E-state index contributed by atoms with van der Waals surface area (Å²) in [6, 6.07) is 9.10. The molecule has 1 amide bonds. The van der Waals surface area contributed by atoms with Crippen LogP contribution in [0.1, 0.15) is 19.4 Å². The first-order chi connectivity index (χ1) is 9.08. The first kappa shape index (κ1) is 15.0. The smallest absolute Gasteiger partial charge is 0.410 e. The summed E-state index contributed by atoms with van der Waals surface area (Å²) in [5.74, 6) is -1.13. The third-order valence-corrected chi connectivity index (χ3v) is 2.80. The fraction of sp³-hybridized carbons (Fsp3) is 0.429. The fourth-order valence-electron chi connectivity index (χ4n) is 1.69. The van der Waals surface area contributed by atoms with Gasteiger partial charge in [0.25, 0.3) is 0 Å².